The minimum Gasteiger partial charge on any atom is -0.305 e. The third kappa shape index (κ3) is 4.22. The molecule has 0 aliphatic carbocycles. The molecule has 0 saturated heterocycles. The number of hydrogen-bond donors (Lipinski definition) is 1. The standard InChI is InChI=1S/C10H16F2N2S/c1-10(2,3)7-6-15-9(14-7)5-13-4-8(11)12/h6,8,13H,4-5H2,1-3H3. The molecule has 1 rings (SSSR count). The van der Waals surface area contributed by atoms with E-state index in [9.17, 15) is 8.78 Å². The van der Waals surface area contributed by atoms with Crippen LogP contribution >= 0.6 is 11.3 Å². The highest BCUT2D eigenvalue weighted by atomic mass is 32.1. The molecule has 0 aromatic carbocycles. The quantitative estimate of drug-likeness (QED) is 0.866. The number of thiazole rings is 1. The van der Waals surface area contributed by atoms with E-state index in [0.29, 0.717) is 6.54 Å². The summed E-state index contributed by atoms with van der Waals surface area (Å²) in [5.74, 6) is 0. The fraction of sp³-hybridized carbons (Fsp3) is 0.700. The molecule has 0 atom stereocenters. The van der Waals surface area contributed by atoms with Crippen molar-refractivity contribution in [2.75, 3.05) is 6.54 Å². The Labute approximate surface area is 92.7 Å². The Kier molecular flexibility index (Phi) is 4.16. The highest BCUT2D eigenvalue weighted by Crippen LogP contribution is 2.23. The van der Waals surface area contributed by atoms with E-state index in [1.165, 1.54) is 11.3 Å². The van der Waals surface area contributed by atoms with Gasteiger partial charge in [0.15, 0.2) is 0 Å². The molecule has 5 heteroatoms. The van der Waals surface area contributed by atoms with E-state index >= 15 is 0 Å². The monoisotopic (exact) mass is 234 g/mol. The molecule has 1 aromatic heterocycles. The molecule has 0 bridgehead atoms. The average Bonchev–Trinajstić information content (AvgIpc) is 2.51. The summed E-state index contributed by atoms with van der Waals surface area (Å²) in [5.41, 5.74) is 1.04. The molecule has 0 spiro atoms. The van der Waals surface area contributed by atoms with Gasteiger partial charge in [-0.25, -0.2) is 13.8 Å². The van der Waals surface area contributed by atoms with Gasteiger partial charge in [-0.05, 0) is 0 Å². The summed E-state index contributed by atoms with van der Waals surface area (Å²) in [6.45, 7) is 6.39. The maximum Gasteiger partial charge on any atom is 0.250 e. The van der Waals surface area contributed by atoms with E-state index in [1.807, 2.05) is 5.38 Å². The first-order valence-corrected chi connectivity index (χ1v) is 5.71. The van der Waals surface area contributed by atoms with E-state index in [-0.39, 0.29) is 12.0 Å². The number of hydrogen-bond acceptors (Lipinski definition) is 3. The van der Waals surface area contributed by atoms with Gasteiger partial charge < -0.3 is 5.32 Å². The summed E-state index contributed by atoms with van der Waals surface area (Å²) in [6.07, 6.45) is -2.30. The van der Waals surface area contributed by atoms with Crippen molar-refractivity contribution in [1.82, 2.24) is 10.3 Å². The smallest absolute Gasteiger partial charge is 0.250 e. The van der Waals surface area contributed by atoms with Gasteiger partial charge in [-0.3, -0.25) is 0 Å². The van der Waals surface area contributed by atoms with Gasteiger partial charge in [-0.15, -0.1) is 11.3 Å². The molecule has 0 unspecified atom stereocenters. The molecule has 86 valence electrons. The van der Waals surface area contributed by atoms with Crippen LogP contribution < -0.4 is 5.32 Å². The fourth-order valence-electron chi connectivity index (χ4n) is 1.02. The molecule has 15 heavy (non-hydrogen) atoms. The lowest BCUT2D eigenvalue weighted by Crippen LogP contribution is -2.20. The number of alkyl halides is 2. The van der Waals surface area contributed by atoms with Crippen LogP contribution in [0, 0.1) is 0 Å². The van der Waals surface area contributed by atoms with Crippen molar-refractivity contribution in [1.29, 1.82) is 0 Å². The normalized spacial score (nSPS) is 12.4. The maximum absolute atomic E-state index is 11.9. The third-order valence-corrected chi connectivity index (χ3v) is 2.74. The van der Waals surface area contributed by atoms with Crippen LogP contribution in [0.3, 0.4) is 0 Å². The minimum atomic E-state index is -2.30. The van der Waals surface area contributed by atoms with Crippen LogP contribution in [-0.2, 0) is 12.0 Å². The number of halogens is 2. The molecule has 1 aromatic rings. The predicted molar refractivity (Wildman–Crippen MR) is 58.5 cm³/mol. The lowest BCUT2D eigenvalue weighted by atomic mass is 9.93. The van der Waals surface area contributed by atoms with Gasteiger partial charge in [0.05, 0.1) is 12.2 Å². The molecular weight excluding hydrogens is 218 g/mol. The van der Waals surface area contributed by atoms with E-state index in [2.05, 4.69) is 31.1 Å². The van der Waals surface area contributed by atoms with Crippen LogP contribution in [0.1, 0.15) is 31.5 Å². The Balaban J connectivity index is 2.47. The van der Waals surface area contributed by atoms with Gasteiger partial charge in [0.2, 0.25) is 0 Å². The molecule has 0 amide bonds. The lowest BCUT2D eigenvalue weighted by Gasteiger charge is -2.14. The summed E-state index contributed by atoms with van der Waals surface area (Å²) < 4.78 is 23.7. The summed E-state index contributed by atoms with van der Waals surface area (Å²) in [5, 5.41) is 5.51. The van der Waals surface area contributed by atoms with Gasteiger partial charge in [0.25, 0.3) is 6.43 Å². The highest BCUT2D eigenvalue weighted by Gasteiger charge is 2.17. The zero-order chi connectivity index (χ0) is 11.5. The molecule has 1 N–H and O–H groups in total. The molecular formula is C10H16F2N2S. The Morgan fingerprint density at radius 3 is 2.60 bits per heavy atom. The average molecular weight is 234 g/mol. The molecule has 2 nitrogen and oxygen atoms in total. The first-order chi connectivity index (χ1) is 6.89. The predicted octanol–water partition coefficient (Wildman–Crippen LogP) is 2.80. The van der Waals surface area contributed by atoms with E-state index < -0.39 is 6.43 Å². The largest absolute Gasteiger partial charge is 0.305 e. The first kappa shape index (κ1) is 12.5. The summed E-state index contributed by atoms with van der Waals surface area (Å²) in [7, 11) is 0. The number of aromatic nitrogens is 1. The number of nitrogens with one attached hydrogen (secondary N) is 1. The maximum atomic E-state index is 11.9. The van der Waals surface area contributed by atoms with Crippen LogP contribution in [0.4, 0.5) is 8.78 Å². The van der Waals surface area contributed by atoms with E-state index in [1.54, 1.807) is 0 Å². The van der Waals surface area contributed by atoms with E-state index in [4.69, 9.17) is 0 Å². The minimum absolute atomic E-state index is 0.0253. The van der Waals surface area contributed by atoms with Crippen molar-refractivity contribution in [3.8, 4) is 0 Å². The lowest BCUT2D eigenvalue weighted by molar-refractivity contribution is 0.145. The Hall–Kier alpha value is -0.550. The fourth-order valence-corrected chi connectivity index (χ4v) is 2.02. The van der Waals surface area contributed by atoms with Crippen LogP contribution in [0.5, 0.6) is 0 Å². The van der Waals surface area contributed by atoms with Crippen molar-refractivity contribution in [3.63, 3.8) is 0 Å². The van der Waals surface area contributed by atoms with Gasteiger partial charge in [0, 0.05) is 17.3 Å². The summed E-state index contributed by atoms with van der Waals surface area (Å²) in [4.78, 5) is 4.39. The first-order valence-electron chi connectivity index (χ1n) is 4.83. The van der Waals surface area contributed by atoms with E-state index in [0.717, 1.165) is 10.7 Å². The molecule has 0 aliphatic rings. The zero-order valence-electron chi connectivity index (χ0n) is 9.18. The van der Waals surface area contributed by atoms with Crippen molar-refractivity contribution >= 4 is 11.3 Å². The van der Waals surface area contributed by atoms with Crippen molar-refractivity contribution < 1.29 is 8.78 Å². The molecule has 0 fully saturated rings. The van der Waals surface area contributed by atoms with Crippen molar-refractivity contribution in [2.24, 2.45) is 0 Å². The van der Waals surface area contributed by atoms with Crippen LogP contribution in [0.25, 0.3) is 0 Å². The summed E-state index contributed by atoms with van der Waals surface area (Å²) in [6, 6.07) is 0. The van der Waals surface area contributed by atoms with Crippen LogP contribution in [-0.4, -0.2) is 18.0 Å². The zero-order valence-corrected chi connectivity index (χ0v) is 10.00. The topological polar surface area (TPSA) is 24.9 Å². The molecule has 0 radical (unpaired) electrons. The number of nitrogens with zero attached hydrogens (tertiary/aromatic N) is 1. The van der Waals surface area contributed by atoms with Gasteiger partial charge in [-0.2, -0.15) is 0 Å². The second-order valence-electron chi connectivity index (χ2n) is 4.40. The second-order valence-corrected chi connectivity index (χ2v) is 5.34. The third-order valence-electron chi connectivity index (χ3n) is 1.90. The second kappa shape index (κ2) is 4.99. The van der Waals surface area contributed by atoms with Crippen LogP contribution in [0.2, 0.25) is 0 Å². The Bertz CT molecular complexity index is 305. The van der Waals surface area contributed by atoms with Crippen molar-refractivity contribution in [3.05, 3.63) is 16.1 Å². The molecule has 0 aliphatic heterocycles. The Morgan fingerprint density at radius 2 is 2.13 bits per heavy atom. The molecule has 1 heterocycles. The highest BCUT2D eigenvalue weighted by molar-refractivity contribution is 7.09. The Morgan fingerprint density at radius 1 is 1.47 bits per heavy atom. The van der Waals surface area contributed by atoms with Gasteiger partial charge in [0.1, 0.15) is 5.01 Å². The van der Waals surface area contributed by atoms with Gasteiger partial charge in [-0.1, -0.05) is 20.8 Å². The summed E-state index contributed by atoms with van der Waals surface area (Å²) >= 11 is 1.51. The van der Waals surface area contributed by atoms with Crippen LogP contribution in [0.15, 0.2) is 5.38 Å². The SMILES string of the molecule is CC(C)(C)c1csc(CNCC(F)F)n1. The molecule has 0 saturated carbocycles. The van der Waals surface area contributed by atoms with Gasteiger partial charge >= 0.3 is 0 Å². The van der Waals surface area contributed by atoms with Crippen molar-refractivity contribution in [2.45, 2.75) is 39.2 Å². The number of rotatable bonds is 4.